The smallest absolute Gasteiger partial charge is 0.275 e. The largest absolute Gasteiger partial charge is 0.344 e. The van der Waals surface area contributed by atoms with Crippen LogP contribution >= 0.6 is 0 Å². The molecule has 2 unspecified atom stereocenters. The number of carbonyl (C=O) groups excluding carboxylic acids is 1. The van der Waals surface area contributed by atoms with Gasteiger partial charge in [-0.3, -0.25) is 20.4 Å². The lowest BCUT2D eigenvalue weighted by atomic mass is 9.99. The molecule has 1 saturated heterocycles. The van der Waals surface area contributed by atoms with Gasteiger partial charge in [0.05, 0.1) is 11.6 Å². The zero-order valence-electron chi connectivity index (χ0n) is 18.8. The van der Waals surface area contributed by atoms with Gasteiger partial charge < -0.3 is 4.90 Å². The Kier molecular flexibility index (Phi) is 7.47. The van der Waals surface area contributed by atoms with Gasteiger partial charge in [0.15, 0.2) is 0 Å². The van der Waals surface area contributed by atoms with Gasteiger partial charge in [0.25, 0.3) is 5.56 Å². The van der Waals surface area contributed by atoms with Crippen molar-refractivity contribution in [3.05, 3.63) is 76.5 Å². The molecule has 3 aromatic rings. The van der Waals surface area contributed by atoms with E-state index in [0.717, 1.165) is 43.1 Å². The fourth-order valence-corrected chi connectivity index (χ4v) is 4.28. The van der Waals surface area contributed by atoms with Crippen LogP contribution in [0.2, 0.25) is 0 Å². The zero-order valence-corrected chi connectivity index (χ0v) is 18.8. The summed E-state index contributed by atoms with van der Waals surface area (Å²) in [6.45, 7) is 0.586. The molecule has 1 aliphatic heterocycles. The summed E-state index contributed by atoms with van der Waals surface area (Å²) in [7, 11) is 1.76. The van der Waals surface area contributed by atoms with E-state index in [4.69, 9.17) is 0 Å². The summed E-state index contributed by atoms with van der Waals surface area (Å²) in [6, 6.07) is 14.4. The van der Waals surface area contributed by atoms with Crippen LogP contribution in [0.1, 0.15) is 43.7 Å². The second kappa shape index (κ2) is 10.7. The third-order valence-corrected chi connectivity index (χ3v) is 6.25. The topological polar surface area (TPSA) is 79.3 Å². The first-order chi connectivity index (χ1) is 16.0. The lowest BCUT2D eigenvalue weighted by Crippen LogP contribution is -2.35. The molecule has 0 spiro atoms. The highest BCUT2D eigenvalue weighted by molar-refractivity contribution is 5.81. The summed E-state index contributed by atoms with van der Waals surface area (Å²) in [5.74, 6) is -0.336. The number of hydrogen-bond donors (Lipinski definition) is 2. The lowest BCUT2D eigenvalue weighted by Gasteiger charge is -2.17. The van der Waals surface area contributed by atoms with Gasteiger partial charge in [-0.2, -0.15) is 5.10 Å². The quantitative estimate of drug-likeness (QED) is 0.489. The maximum absolute atomic E-state index is 13.4. The Morgan fingerprint density at radius 3 is 2.85 bits per heavy atom. The third-order valence-electron chi connectivity index (χ3n) is 6.25. The number of hydrogen-bond acceptors (Lipinski definition) is 5. The van der Waals surface area contributed by atoms with Crippen LogP contribution in [0.4, 0.5) is 4.39 Å². The molecule has 2 atom stereocenters. The highest BCUT2D eigenvalue weighted by Crippen LogP contribution is 2.25. The molecule has 1 aliphatic rings. The molecular formula is C25H30FN5O2. The first kappa shape index (κ1) is 23.1. The van der Waals surface area contributed by atoms with Crippen molar-refractivity contribution in [3.63, 3.8) is 0 Å². The Hall–Kier alpha value is -3.10. The molecule has 8 heteroatoms. The number of nitrogens with zero attached hydrogens (tertiary/aromatic N) is 3. The molecule has 2 N–H and O–H groups in total. The van der Waals surface area contributed by atoms with Crippen LogP contribution < -0.4 is 16.4 Å². The third kappa shape index (κ3) is 5.83. The fraction of sp³-hybridized carbons (Fsp3) is 0.400. The number of rotatable bonds is 9. The minimum absolute atomic E-state index is 0.0563. The number of fused-ring (bicyclic) bond motifs is 1. The number of halogens is 1. The van der Waals surface area contributed by atoms with E-state index in [0.29, 0.717) is 18.0 Å². The van der Waals surface area contributed by atoms with Crippen LogP contribution in [0.3, 0.4) is 0 Å². The van der Waals surface area contributed by atoms with E-state index >= 15 is 0 Å². The molecule has 2 aromatic carbocycles. The molecule has 174 valence electrons. The second-order valence-corrected chi connectivity index (χ2v) is 8.69. The van der Waals surface area contributed by atoms with Crippen LogP contribution in [0.25, 0.3) is 10.8 Å². The number of unbranched alkanes of at least 4 members (excludes halogenated alkanes) is 2. The molecule has 1 fully saturated rings. The van der Waals surface area contributed by atoms with Crippen molar-refractivity contribution in [2.24, 2.45) is 0 Å². The molecule has 4 rings (SSSR count). The van der Waals surface area contributed by atoms with Gasteiger partial charge in [-0.1, -0.05) is 43.2 Å². The Morgan fingerprint density at radius 1 is 1.15 bits per heavy atom. The minimum Gasteiger partial charge on any atom is -0.344 e. The van der Waals surface area contributed by atoms with Gasteiger partial charge in [0.2, 0.25) is 5.91 Å². The molecule has 1 amide bonds. The SMILES string of the molecule is CN(CCCCCC1CC(c2cccc(F)c2)NN1)C(=O)Cn1ncc2ccccc2c1=O. The van der Waals surface area contributed by atoms with E-state index in [1.165, 1.54) is 10.7 Å². The number of benzene rings is 2. The van der Waals surface area contributed by atoms with Gasteiger partial charge >= 0.3 is 0 Å². The molecule has 0 radical (unpaired) electrons. The normalized spacial score (nSPS) is 18.0. The average molecular weight is 452 g/mol. The summed E-state index contributed by atoms with van der Waals surface area (Å²) < 4.78 is 14.7. The molecule has 33 heavy (non-hydrogen) atoms. The first-order valence-electron chi connectivity index (χ1n) is 11.5. The van der Waals surface area contributed by atoms with E-state index in [-0.39, 0.29) is 29.9 Å². The van der Waals surface area contributed by atoms with E-state index in [2.05, 4.69) is 16.0 Å². The Balaban J connectivity index is 1.16. The summed E-state index contributed by atoms with van der Waals surface area (Å²) in [5.41, 5.74) is 7.29. The summed E-state index contributed by atoms with van der Waals surface area (Å²) in [6.07, 6.45) is 6.52. The number of likely N-dealkylation sites (N-methyl/N-ethyl adjacent to an activating group) is 1. The molecule has 2 heterocycles. The molecule has 0 aliphatic carbocycles. The number of hydrazine groups is 1. The predicted molar refractivity (Wildman–Crippen MR) is 126 cm³/mol. The second-order valence-electron chi connectivity index (χ2n) is 8.69. The van der Waals surface area contributed by atoms with E-state index in [1.54, 1.807) is 42.4 Å². The highest BCUT2D eigenvalue weighted by atomic mass is 19.1. The highest BCUT2D eigenvalue weighted by Gasteiger charge is 2.24. The molecule has 1 aromatic heterocycles. The number of carbonyl (C=O) groups is 1. The Labute approximate surface area is 192 Å². The van der Waals surface area contributed by atoms with E-state index in [9.17, 15) is 14.0 Å². The number of aromatic nitrogens is 2. The molecule has 7 nitrogen and oxygen atoms in total. The van der Waals surface area contributed by atoms with Crippen molar-refractivity contribution in [1.29, 1.82) is 0 Å². The average Bonchev–Trinajstić information content (AvgIpc) is 3.29. The monoisotopic (exact) mass is 451 g/mol. The van der Waals surface area contributed by atoms with Crippen LogP contribution in [0.5, 0.6) is 0 Å². The van der Waals surface area contributed by atoms with E-state index in [1.807, 2.05) is 18.2 Å². The van der Waals surface area contributed by atoms with Gasteiger partial charge in [0, 0.05) is 31.1 Å². The lowest BCUT2D eigenvalue weighted by molar-refractivity contribution is -0.130. The Bertz CT molecular complexity index is 1160. The molecular weight excluding hydrogens is 421 g/mol. The predicted octanol–water partition coefficient (Wildman–Crippen LogP) is 3.16. The fourth-order valence-electron chi connectivity index (χ4n) is 4.28. The maximum atomic E-state index is 13.4. The van der Waals surface area contributed by atoms with Gasteiger partial charge in [0.1, 0.15) is 12.4 Å². The van der Waals surface area contributed by atoms with Gasteiger partial charge in [-0.25, -0.2) is 9.07 Å². The number of amides is 1. The zero-order chi connectivity index (χ0) is 23.2. The van der Waals surface area contributed by atoms with Crippen LogP contribution in [-0.2, 0) is 11.3 Å². The van der Waals surface area contributed by atoms with Crippen molar-refractivity contribution >= 4 is 16.7 Å². The van der Waals surface area contributed by atoms with Crippen LogP contribution in [0.15, 0.2) is 59.5 Å². The summed E-state index contributed by atoms with van der Waals surface area (Å²) in [5, 5.41) is 5.48. The van der Waals surface area contributed by atoms with Crippen molar-refractivity contribution in [2.75, 3.05) is 13.6 Å². The van der Waals surface area contributed by atoms with Crippen molar-refractivity contribution < 1.29 is 9.18 Å². The minimum atomic E-state index is -0.246. The Morgan fingerprint density at radius 2 is 2.00 bits per heavy atom. The standard InChI is InChI=1S/C25H30FN5O2/c1-30(24(32)17-31-25(33)22-12-5-4-8-19(22)16-27-31)13-6-2-3-11-21-15-23(29-28-21)18-9-7-10-20(26)14-18/h4-5,7-10,12,14,16,21,23,28-29H,2-3,6,11,13,15,17H2,1H3. The van der Waals surface area contributed by atoms with Gasteiger partial charge in [-0.05, 0) is 43.0 Å². The van der Waals surface area contributed by atoms with Crippen molar-refractivity contribution in [3.8, 4) is 0 Å². The maximum Gasteiger partial charge on any atom is 0.275 e. The molecule has 0 saturated carbocycles. The van der Waals surface area contributed by atoms with Crippen LogP contribution in [0, 0.1) is 5.82 Å². The summed E-state index contributed by atoms with van der Waals surface area (Å²) >= 11 is 0. The number of nitrogens with one attached hydrogen (secondary N) is 2. The molecule has 0 bridgehead atoms. The van der Waals surface area contributed by atoms with E-state index < -0.39 is 0 Å². The summed E-state index contributed by atoms with van der Waals surface area (Å²) in [4.78, 5) is 26.8. The van der Waals surface area contributed by atoms with Crippen molar-refractivity contribution in [1.82, 2.24) is 25.5 Å². The van der Waals surface area contributed by atoms with Crippen molar-refractivity contribution in [2.45, 2.75) is 50.7 Å². The van der Waals surface area contributed by atoms with Crippen LogP contribution in [-0.4, -0.2) is 40.2 Å². The first-order valence-corrected chi connectivity index (χ1v) is 11.5. The van der Waals surface area contributed by atoms with Gasteiger partial charge in [-0.15, -0.1) is 0 Å².